The van der Waals surface area contributed by atoms with E-state index in [1.807, 2.05) is 18.2 Å². The zero-order chi connectivity index (χ0) is 27.1. The van der Waals surface area contributed by atoms with E-state index in [0.29, 0.717) is 18.0 Å². The summed E-state index contributed by atoms with van der Waals surface area (Å²) in [5.74, 6) is 0.618. The monoisotopic (exact) mass is 532 g/mol. The molecular formula is C30H32N2O5S. The quantitative estimate of drug-likeness (QED) is 0.292. The van der Waals surface area contributed by atoms with Gasteiger partial charge in [-0.2, -0.15) is 0 Å². The smallest absolute Gasteiger partial charge is 0.264 e. The van der Waals surface area contributed by atoms with Crippen LogP contribution >= 0.6 is 0 Å². The summed E-state index contributed by atoms with van der Waals surface area (Å²) in [5.41, 5.74) is 1.49. The number of amides is 1. The van der Waals surface area contributed by atoms with Crippen molar-refractivity contribution in [3.8, 4) is 11.5 Å². The highest BCUT2D eigenvalue weighted by Gasteiger charge is 2.29. The summed E-state index contributed by atoms with van der Waals surface area (Å²) < 4.78 is 39.0. The van der Waals surface area contributed by atoms with Crippen LogP contribution in [0.4, 0.5) is 5.69 Å². The van der Waals surface area contributed by atoms with Gasteiger partial charge in [0.05, 0.1) is 24.8 Å². The predicted octanol–water partition coefficient (Wildman–Crippen LogP) is 5.05. The standard InChI is InChI=1S/C30H32N2O5S/c1-22(19-24-11-8-10-23-9-4-5-12-27(23)24)20-31-30(33)21-32(28-13-6-7-14-29(28)37-3)38(34,35)26-17-15-25(36-2)16-18-26/h4-18,22H,19-21H2,1-3H3,(H,31,33). The van der Waals surface area contributed by atoms with Crippen molar-refractivity contribution < 1.29 is 22.7 Å². The molecule has 38 heavy (non-hydrogen) atoms. The van der Waals surface area contributed by atoms with Gasteiger partial charge in [-0.05, 0) is 65.1 Å². The van der Waals surface area contributed by atoms with Gasteiger partial charge in [-0.15, -0.1) is 0 Å². The van der Waals surface area contributed by atoms with Crippen molar-refractivity contribution in [3.63, 3.8) is 0 Å². The molecule has 198 valence electrons. The van der Waals surface area contributed by atoms with Crippen LogP contribution < -0.4 is 19.1 Å². The molecule has 1 amide bonds. The Morgan fingerprint density at radius 1 is 0.868 bits per heavy atom. The Bertz CT molecular complexity index is 1500. The van der Waals surface area contributed by atoms with Crippen molar-refractivity contribution in [2.75, 3.05) is 31.6 Å². The lowest BCUT2D eigenvalue weighted by Crippen LogP contribution is -2.42. The fourth-order valence-corrected chi connectivity index (χ4v) is 5.83. The second-order valence-corrected chi connectivity index (χ2v) is 11.0. The van der Waals surface area contributed by atoms with Crippen LogP contribution in [-0.2, 0) is 21.2 Å². The number of fused-ring (bicyclic) bond motifs is 1. The lowest BCUT2D eigenvalue weighted by atomic mass is 9.96. The molecule has 0 bridgehead atoms. The summed E-state index contributed by atoms with van der Waals surface area (Å²) in [7, 11) is -1.11. The third-order valence-electron chi connectivity index (χ3n) is 6.38. The molecule has 4 rings (SSSR count). The molecule has 0 fully saturated rings. The Balaban J connectivity index is 1.51. The number of carbonyl (C=O) groups excluding carboxylic acids is 1. The fourth-order valence-electron chi connectivity index (χ4n) is 4.40. The van der Waals surface area contributed by atoms with Crippen molar-refractivity contribution >= 4 is 32.4 Å². The van der Waals surface area contributed by atoms with Crippen LogP contribution in [0.2, 0.25) is 0 Å². The summed E-state index contributed by atoms with van der Waals surface area (Å²) in [6.45, 7) is 2.08. The average molecular weight is 533 g/mol. The number of sulfonamides is 1. The van der Waals surface area contributed by atoms with Gasteiger partial charge in [0.2, 0.25) is 5.91 Å². The maximum atomic E-state index is 13.7. The van der Waals surface area contributed by atoms with Crippen molar-refractivity contribution in [1.29, 1.82) is 0 Å². The van der Waals surface area contributed by atoms with Crippen LogP contribution in [0.15, 0.2) is 95.9 Å². The minimum Gasteiger partial charge on any atom is -0.497 e. The zero-order valence-electron chi connectivity index (χ0n) is 21.8. The van der Waals surface area contributed by atoms with E-state index >= 15 is 0 Å². The molecule has 4 aromatic carbocycles. The number of hydrogen-bond acceptors (Lipinski definition) is 5. The number of methoxy groups -OCH3 is 2. The molecule has 0 saturated heterocycles. The number of hydrogen-bond donors (Lipinski definition) is 1. The van der Waals surface area contributed by atoms with Gasteiger partial charge < -0.3 is 14.8 Å². The predicted molar refractivity (Wildman–Crippen MR) is 150 cm³/mol. The van der Waals surface area contributed by atoms with Gasteiger partial charge in [-0.3, -0.25) is 9.10 Å². The Morgan fingerprint density at radius 2 is 1.55 bits per heavy atom. The number of rotatable bonds is 11. The maximum Gasteiger partial charge on any atom is 0.264 e. The van der Waals surface area contributed by atoms with E-state index in [4.69, 9.17) is 9.47 Å². The molecular weight excluding hydrogens is 500 g/mol. The van der Waals surface area contributed by atoms with Gasteiger partial charge >= 0.3 is 0 Å². The van der Waals surface area contributed by atoms with E-state index in [9.17, 15) is 13.2 Å². The van der Waals surface area contributed by atoms with Crippen LogP contribution in [0, 0.1) is 5.92 Å². The maximum absolute atomic E-state index is 13.7. The molecule has 0 aromatic heterocycles. The summed E-state index contributed by atoms with van der Waals surface area (Å²) in [4.78, 5) is 13.1. The highest BCUT2D eigenvalue weighted by molar-refractivity contribution is 7.92. The number of benzene rings is 4. The number of nitrogens with one attached hydrogen (secondary N) is 1. The number of carbonyl (C=O) groups is 1. The Labute approximate surface area is 224 Å². The van der Waals surface area contributed by atoms with E-state index in [0.717, 1.165) is 10.7 Å². The van der Waals surface area contributed by atoms with Crippen molar-refractivity contribution in [3.05, 3.63) is 96.6 Å². The van der Waals surface area contributed by atoms with E-state index in [-0.39, 0.29) is 16.5 Å². The molecule has 0 aliphatic carbocycles. The van der Waals surface area contributed by atoms with Crippen molar-refractivity contribution in [2.45, 2.75) is 18.2 Å². The first-order valence-electron chi connectivity index (χ1n) is 12.4. The molecule has 1 unspecified atom stereocenters. The molecule has 1 atom stereocenters. The van der Waals surface area contributed by atoms with Gasteiger partial charge in [0, 0.05) is 6.54 Å². The highest BCUT2D eigenvalue weighted by atomic mass is 32.2. The van der Waals surface area contributed by atoms with Crippen LogP contribution in [-0.4, -0.2) is 41.6 Å². The van der Waals surface area contributed by atoms with Crippen LogP contribution in [0.25, 0.3) is 10.8 Å². The first kappa shape index (κ1) is 27.0. The first-order valence-corrected chi connectivity index (χ1v) is 13.8. The average Bonchev–Trinajstić information content (AvgIpc) is 2.95. The number of nitrogens with zero attached hydrogens (tertiary/aromatic N) is 1. The topological polar surface area (TPSA) is 84.9 Å². The molecule has 0 saturated carbocycles. The first-order chi connectivity index (χ1) is 18.3. The third kappa shape index (κ3) is 6.08. The zero-order valence-corrected chi connectivity index (χ0v) is 22.6. The molecule has 1 N–H and O–H groups in total. The van der Waals surface area contributed by atoms with Crippen LogP contribution in [0.1, 0.15) is 12.5 Å². The molecule has 0 spiro atoms. The summed E-state index contributed by atoms with van der Waals surface area (Å²) >= 11 is 0. The molecule has 0 radical (unpaired) electrons. The normalized spacial score (nSPS) is 12.1. The molecule has 0 aliphatic heterocycles. The lowest BCUT2D eigenvalue weighted by Gasteiger charge is -2.26. The van der Waals surface area contributed by atoms with Gasteiger partial charge in [-0.25, -0.2) is 8.42 Å². The SMILES string of the molecule is COc1ccc(S(=O)(=O)N(CC(=O)NCC(C)Cc2cccc3ccccc23)c2ccccc2OC)cc1. The summed E-state index contributed by atoms with van der Waals surface area (Å²) in [6.07, 6.45) is 0.780. The second-order valence-electron chi connectivity index (χ2n) is 9.11. The molecule has 8 heteroatoms. The van der Waals surface area contributed by atoms with E-state index in [2.05, 4.69) is 36.5 Å². The Kier molecular flexibility index (Phi) is 8.53. The fraction of sp³-hybridized carbons (Fsp3) is 0.233. The van der Waals surface area contributed by atoms with E-state index < -0.39 is 22.5 Å². The van der Waals surface area contributed by atoms with Crippen molar-refractivity contribution in [1.82, 2.24) is 5.32 Å². The Morgan fingerprint density at radius 3 is 2.29 bits per heavy atom. The van der Waals surface area contributed by atoms with Gasteiger partial charge in [0.15, 0.2) is 0 Å². The number of ether oxygens (including phenoxy) is 2. The largest absolute Gasteiger partial charge is 0.497 e. The third-order valence-corrected chi connectivity index (χ3v) is 8.16. The van der Waals surface area contributed by atoms with Gasteiger partial charge in [0.1, 0.15) is 18.0 Å². The minimum absolute atomic E-state index is 0.0429. The van der Waals surface area contributed by atoms with Gasteiger partial charge in [-0.1, -0.05) is 61.5 Å². The highest BCUT2D eigenvalue weighted by Crippen LogP contribution is 2.32. The van der Waals surface area contributed by atoms with Gasteiger partial charge in [0.25, 0.3) is 10.0 Å². The lowest BCUT2D eigenvalue weighted by molar-refractivity contribution is -0.119. The molecule has 0 aliphatic rings. The van der Waals surface area contributed by atoms with Crippen LogP contribution in [0.3, 0.4) is 0 Å². The summed E-state index contributed by atoms with van der Waals surface area (Å²) in [5, 5.41) is 5.30. The Hall–Kier alpha value is -4.04. The molecule has 7 nitrogen and oxygen atoms in total. The molecule has 4 aromatic rings. The number of para-hydroxylation sites is 2. The minimum atomic E-state index is -4.08. The van der Waals surface area contributed by atoms with Crippen molar-refractivity contribution in [2.24, 2.45) is 5.92 Å². The second kappa shape index (κ2) is 12.0. The van der Waals surface area contributed by atoms with Crippen LogP contribution in [0.5, 0.6) is 11.5 Å². The summed E-state index contributed by atoms with van der Waals surface area (Å²) in [6, 6.07) is 27.3. The number of anilines is 1. The molecule has 0 heterocycles. The van der Waals surface area contributed by atoms with E-state index in [1.165, 1.54) is 42.7 Å². The van der Waals surface area contributed by atoms with E-state index in [1.54, 1.807) is 36.4 Å².